The molecule has 0 saturated carbocycles. The van der Waals surface area contributed by atoms with E-state index in [2.05, 4.69) is 4.98 Å². The maximum Gasteiger partial charge on any atom is 0.167 e. The van der Waals surface area contributed by atoms with Crippen molar-refractivity contribution >= 4 is 10.8 Å². The summed E-state index contributed by atoms with van der Waals surface area (Å²) >= 11 is 0. The third-order valence-electron chi connectivity index (χ3n) is 2.94. The van der Waals surface area contributed by atoms with Gasteiger partial charge in [-0.15, -0.1) is 0 Å². The van der Waals surface area contributed by atoms with Gasteiger partial charge in [-0.25, -0.2) is 0 Å². The molecule has 18 heavy (non-hydrogen) atoms. The fourth-order valence-corrected chi connectivity index (χ4v) is 2.03. The fourth-order valence-electron chi connectivity index (χ4n) is 2.03. The largest absolute Gasteiger partial charge is 0.504 e. The maximum atomic E-state index is 10.1. The molecule has 88 valence electrons. The average molecular weight is 237 g/mol. The molecule has 0 unspecified atom stereocenters. The van der Waals surface area contributed by atoms with Crippen LogP contribution in [0.25, 0.3) is 22.0 Å². The van der Waals surface area contributed by atoms with E-state index in [9.17, 15) is 10.2 Å². The maximum absolute atomic E-state index is 10.1. The van der Waals surface area contributed by atoms with Crippen molar-refractivity contribution < 1.29 is 10.2 Å². The van der Waals surface area contributed by atoms with E-state index in [1.165, 1.54) is 0 Å². The Labute approximate surface area is 104 Å². The SMILES string of the molecule is Oc1c(-c2ccccn2)cc2ccccc2c1O. The zero-order valence-electron chi connectivity index (χ0n) is 9.54. The van der Waals surface area contributed by atoms with Gasteiger partial charge in [0.15, 0.2) is 11.5 Å². The van der Waals surface area contributed by atoms with Gasteiger partial charge in [0.05, 0.1) is 5.69 Å². The number of fused-ring (bicyclic) bond motifs is 1. The predicted molar refractivity (Wildman–Crippen MR) is 70.5 cm³/mol. The smallest absolute Gasteiger partial charge is 0.167 e. The van der Waals surface area contributed by atoms with Gasteiger partial charge in [-0.3, -0.25) is 4.98 Å². The van der Waals surface area contributed by atoms with Gasteiger partial charge in [-0.1, -0.05) is 30.3 Å². The minimum absolute atomic E-state index is 0.103. The molecule has 0 atom stereocenters. The number of rotatable bonds is 1. The summed E-state index contributed by atoms with van der Waals surface area (Å²) in [7, 11) is 0. The second kappa shape index (κ2) is 4.04. The van der Waals surface area contributed by atoms with Crippen LogP contribution in [0.3, 0.4) is 0 Å². The van der Waals surface area contributed by atoms with E-state index in [4.69, 9.17) is 0 Å². The molecule has 3 nitrogen and oxygen atoms in total. The van der Waals surface area contributed by atoms with Gasteiger partial charge in [-0.05, 0) is 23.6 Å². The normalized spacial score (nSPS) is 10.7. The second-order valence-electron chi connectivity index (χ2n) is 4.06. The lowest BCUT2D eigenvalue weighted by Crippen LogP contribution is -1.85. The first-order chi connectivity index (χ1) is 8.77. The van der Waals surface area contributed by atoms with Gasteiger partial charge in [0.1, 0.15) is 0 Å². The lowest BCUT2D eigenvalue weighted by atomic mass is 10.0. The Morgan fingerprint density at radius 1 is 0.833 bits per heavy atom. The monoisotopic (exact) mass is 237 g/mol. The van der Waals surface area contributed by atoms with Crippen molar-refractivity contribution in [3.63, 3.8) is 0 Å². The van der Waals surface area contributed by atoms with Crippen LogP contribution in [-0.4, -0.2) is 15.2 Å². The van der Waals surface area contributed by atoms with Crippen LogP contribution >= 0.6 is 0 Å². The van der Waals surface area contributed by atoms with Gasteiger partial charge in [0, 0.05) is 17.1 Å². The third-order valence-corrected chi connectivity index (χ3v) is 2.94. The number of hydrogen-bond donors (Lipinski definition) is 2. The van der Waals surface area contributed by atoms with Crippen LogP contribution in [0, 0.1) is 0 Å². The van der Waals surface area contributed by atoms with E-state index in [0.717, 1.165) is 5.39 Å². The minimum atomic E-state index is -0.132. The zero-order chi connectivity index (χ0) is 12.5. The molecule has 0 aliphatic heterocycles. The molecule has 3 rings (SSSR count). The number of aromatic nitrogens is 1. The van der Waals surface area contributed by atoms with Crippen LogP contribution in [-0.2, 0) is 0 Å². The Morgan fingerprint density at radius 3 is 2.39 bits per heavy atom. The Kier molecular flexibility index (Phi) is 2.38. The number of benzene rings is 2. The summed E-state index contributed by atoms with van der Waals surface area (Å²) in [6.07, 6.45) is 1.65. The number of nitrogens with zero attached hydrogens (tertiary/aromatic N) is 1. The number of pyridine rings is 1. The first-order valence-electron chi connectivity index (χ1n) is 5.62. The van der Waals surface area contributed by atoms with Gasteiger partial charge < -0.3 is 10.2 Å². The molecule has 1 heterocycles. The van der Waals surface area contributed by atoms with Crippen molar-refractivity contribution in [2.45, 2.75) is 0 Å². The Bertz CT molecular complexity index is 708. The summed E-state index contributed by atoms with van der Waals surface area (Å²) in [4.78, 5) is 4.19. The van der Waals surface area contributed by atoms with Crippen molar-refractivity contribution in [1.29, 1.82) is 0 Å². The summed E-state index contributed by atoms with van der Waals surface area (Å²) in [5.74, 6) is -0.235. The molecule has 1 aromatic heterocycles. The van der Waals surface area contributed by atoms with Crippen LogP contribution in [0.4, 0.5) is 0 Å². The topological polar surface area (TPSA) is 53.4 Å². The highest BCUT2D eigenvalue weighted by molar-refractivity contribution is 5.95. The lowest BCUT2D eigenvalue weighted by molar-refractivity contribution is 0.409. The lowest BCUT2D eigenvalue weighted by Gasteiger charge is -2.09. The Morgan fingerprint density at radius 2 is 1.61 bits per heavy atom. The summed E-state index contributed by atoms with van der Waals surface area (Å²) in [6, 6.07) is 14.6. The highest BCUT2D eigenvalue weighted by atomic mass is 16.3. The van der Waals surface area contributed by atoms with E-state index < -0.39 is 0 Å². The van der Waals surface area contributed by atoms with Crippen molar-refractivity contribution in [3.8, 4) is 22.8 Å². The number of phenols is 2. The summed E-state index contributed by atoms with van der Waals surface area (Å²) in [5, 5.41) is 21.6. The van der Waals surface area contributed by atoms with E-state index in [-0.39, 0.29) is 11.5 Å². The molecule has 0 bridgehead atoms. The predicted octanol–water partition coefficient (Wildman–Crippen LogP) is 3.31. The van der Waals surface area contributed by atoms with E-state index in [1.54, 1.807) is 24.4 Å². The standard InChI is InChI=1S/C15H11NO2/c17-14-11-6-2-1-5-10(11)9-12(15(14)18)13-7-3-4-8-16-13/h1-9,17-18H. The molecular weight excluding hydrogens is 226 g/mol. The molecule has 3 aromatic rings. The number of hydrogen-bond acceptors (Lipinski definition) is 3. The highest BCUT2D eigenvalue weighted by Gasteiger charge is 2.13. The summed E-state index contributed by atoms with van der Waals surface area (Å²) in [6.45, 7) is 0. The zero-order valence-corrected chi connectivity index (χ0v) is 9.54. The quantitative estimate of drug-likeness (QED) is 0.638. The Balaban J connectivity index is 2.34. The average Bonchev–Trinajstić information content (AvgIpc) is 2.44. The van der Waals surface area contributed by atoms with Crippen LogP contribution in [0.2, 0.25) is 0 Å². The first-order valence-corrected chi connectivity index (χ1v) is 5.62. The molecule has 0 saturated heterocycles. The van der Waals surface area contributed by atoms with Gasteiger partial charge in [-0.2, -0.15) is 0 Å². The highest BCUT2D eigenvalue weighted by Crippen LogP contribution is 2.41. The summed E-state index contributed by atoms with van der Waals surface area (Å²) < 4.78 is 0. The number of aromatic hydroxyl groups is 2. The third kappa shape index (κ3) is 1.57. The van der Waals surface area contributed by atoms with E-state index in [1.807, 2.05) is 30.3 Å². The van der Waals surface area contributed by atoms with Crippen LogP contribution in [0.5, 0.6) is 11.5 Å². The van der Waals surface area contributed by atoms with Gasteiger partial charge in [0.25, 0.3) is 0 Å². The minimum Gasteiger partial charge on any atom is -0.504 e. The molecule has 0 spiro atoms. The molecule has 0 fully saturated rings. The van der Waals surface area contributed by atoms with Crippen molar-refractivity contribution in [2.75, 3.05) is 0 Å². The van der Waals surface area contributed by atoms with Crippen LogP contribution in [0.15, 0.2) is 54.7 Å². The fraction of sp³-hybridized carbons (Fsp3) is 0. The van der Waals surface area contributed by atoms with Crippen molar-refractivity contribution in [3.05, 3.63) is 54.7 Å². The molecule has 0 aliphatic rings. The molecule has 0 amide bonds. The molecule has 3 heteroatoms. The Hall–Kier alpha value is -2.55. The summed E-state index contributed by atoms with van der Waals surface area (Å²) in [5.41, 5.74) is 1.17. The van der Waals surface area contributed by atoms with Gasteiger partial charge in [0.2, 0.25) is 0 Å². The molecule has 0 aliphatic carbocycles. The molecule has 0 radical (unpaired) electrons. The second-order valence-corrected chi connectivity index (χ2v) is 4.06. The molecular formula is C15H11NO2. The van der Waals surface area contributed by atoms with Crippen LogP contribution < -0.4 is 0 Å². The van der Waals surface area contributed by atoms with Crippen molar-refractivity contribution in [2.24, 2.45) is 0 Å². The van der Waals surface area contributed by atoms with Crippen molar-refractivity contribution in [1.82, 2.24) is 4.98 Å². The number of phenolic OH excluding ortho intramolecular Hbond substituents is 2. The molecule has 2 N–H and O–H groups in total. The van der Waals surface area contributed by atoms with E-state index >= 15 is 0 Å². The van der Waals surface area contributed by atoms with Gasteiger partial charge >= 0.3 is 0 Å². The van der Waals surface area contributed by atoms with Crippen LogP contribution in [0.1, 0.15) is 0 Å². The molecule has 2 aromatic carbocycles. The van der Waals surface area contributed by atoms with E-state index in [0.29, 0.717) is 16.6 Å². The first kappa shape index (κ1) is 10.6.